The zero-order chi connectivity index (χ0) is 24.8. The van der Waals surface area contributed by atoms with Crippen molar-refractivity contribution in [2.75, 3.05) is 26.3 Å². The molecule has 3 aromatic rings. The van der Waals surface area contributed by atoms with Gasteiger partial charge in [0.05, 0.1) is 11.6 Å². The van der Waals surface area contributed by atoms with Crippen molar-refractivity contribution in [3.63, 3.8) is 0 Å². The minimum absolute atomic E-state index is 0.231. The van der Waals surface area contributed by atoms with Crippen LogP contribution in [0.2, 0.25) is 5.02 Å². The predicted octanol–water partition coefficient (Wildman–Crippen LogP) is 5.45. The monoisotopic (exact) mass is 497 g/mol. The number of benzene rings is 2. The Morgan fingerprint density at radius 2 is 1.94 bits per heavy atom. The van der Waals surface area contributed by atoms with E-state index >= 15 is 0 Å². The highest BCUT2D eigenvalue weighted by Crippen LogP contribution is 2.29. The summed E-state index contributed by atoms with van der Waals surface area (Å²) in [5.74, 6) is 2.96. The van der Waals surface area contributed by atoms with Crippen LogP contribution in [0.4, 0.5) is 0 Å². The van der Waals surface area contributed by atoms with Gasteiger partial charge in [-0.05, 0) is 61.7 Å². The lowest BCUT2D eigenvalue weighted by atomic mass is 9.93. The van der Waals surface area contributed by atoms with Gasteiger partial charge in [-0.1, -0.05) is 43.6 Å². The first-order chi connectivity index (χ1) is 16.8. The molecule has 0 aliphatic carbocycles. The number of rotatable bonds is 10. The van der Waals surface area contributed by atoms with Gasteiger partial charge >= 0.3 is 0 Å². The van der Waals surface area contributed by atoms with Crippen LogP contribution in [0.25, 0.3) is 0 Å². The van der Waals surface area contributed by atoms with Crippen LogP contribution in [-0.4, -0.2) is 51.5 Å². The zero-order valence-electron chi connectivity index (χ0n) is 20.9. The smallest absolute Gasteiger partial charge is 0.138 e. The van der Waals surface area contributed by atoms with Crippen LogP contribution in [0.3, 0.4) is 0 Å². The van der Waals surface area contributed by atoms with Gasteiger partial charge in [0.15, 0.2) is 0 Å². The topological polar surface area (TPSA) is 59.8 Å². The molecular formula is C28H36ClN3O3. The molecule has 2 heterocycles. The van der Waals surface area contributed by atoms with Crippen LogP contribution in [0.1, 0.15) is 49.6 Å². The molecule has 0 spiro atoms. The van der Waals surface area contributed by atoms with E-state index < -0.39 is 5.60 Å². The number of nitrogens with zero attached hydrogens (tertiary/aromatic N) is 3. The van der Waals surface area contributed by atoms with E-state index in [9.17, 15) is 5.11 Å². The Balaban J connectivity index is 1.26. The highest BCUT2D eigenvalue weighted by Gasteiger charge is 2.34. The van der Waals surface area contributed by atoms with E-state index in [-0.39, 0.29) is 6.61 Å². The van der Waals surface area contributed by atoms with E-state index in [1.54, 1.807) is 0 Å². The number of aryl methyl sites for hydroxylation is 1. The second-order valence-electron chi connectivity index (χ2n) is 9.89. The lowest BCUT2D eigenvalue weighted by Crippen LogP contribution is -2.51. The summed E-state index contributed by atoms with van der Waals surface area (Å²) in [6, 6.07) is 13.9. The number of piperidine rings is 1. The molecule has 0 saturated carbocycles. The van der Waals surface area contributed by atoms with Gasteiger partial charge in [-0.25, -0.2) is 4.98 Å². The predicted molar refractivity (Wildman–Crippen MR) is 139 cm³/mol. The number of β-amino-alcohol motifs (C(OH)–C–C–N with tert-alkyl or cyclic N) is 1. The number of ether oxygens (including phenoxy) is 2. The Morgan fingerprint density at radius 1 is 1.14 bits per heavy atom. The third-order valence-electron chi connectivity index (χ3n) is 6.41. The molecule has 1 aliphatic rings. The van der Waals surface area contributed by atoms with Crippen LogP contribution < -0.4 is 9.47 Å². The average Bonchev–Trinajstić information content (AvgIpc) is 3.30. The normalized spacial score (nSPS) is 18.7. The molecule has 7 heteroatoms. The van der Waals surface area contributed by atoms with Crippen LogP contribution in [0.5, 0.6) is 11.5 Å². The highest BCUT2D eigenvalue weighted by molar-refractivity contribution is 6.32. The largest absolute Gasteiger partial charge is 0.492 e. The lowest BCUT2D eigenvalue weighted by molar-refractivity contribution is -0.0620. The van der Waals surface area contributed by atoms with Crippen LogP contribution in [0, 0.1) is 6.92 Å². The highest BCUT2D eigenvalue weighted by atomic mass is 35.5. The van der Waals surface area contributed by atoms with E-state index in [4.69, 9.17) is 21.1 Å². The van der Waals surface area contributed by atoms with E-state index in [0.29, 0.717) is 29.8 Å². The summed E-state index contributed by atoms with van der Waals surface area (Å²) in [5, 5.41) is 11.7. The minimum Gasteiger partial charge on any atom is -0.492 e. The Bertz CT molecular complexity index is 1100. The summed E-state index contributed by atoms with van der Waals surface area (Å²) in [4.78, 5) is 6.71. The number of hydrogen-bond donors (Lipinski definition) is 1. The van der Waals surface area contributed by atoms with E-state index in [2.05, 4.69) is 40.4 Å². The fourth-order valence-corrected chi connectivity index (χ4v) is 4.79. The summed E-state index contributed by atoms with van der Waals surface area (Å²) in [6.45, 7) is 10.2. The summed E-state index contributed by atoms with van der Waals surface area (Å²) in [5.41, 5.74) is 1.38. The van der Waals surface area contributed by atoms with Crippen molar-refractivity contribution < 1.29 is 14.6 Å². The van der Waals surface area contributed by atoms with Gasteiger partial charge in [-0.3, -0.25) is 4.90 Å². The van der Waals surface area contributed by atoms with Crippen molar-refractivity contribution in [1.82, 2.24) is 14.5 Å². The van der Waals surface area contributed by atoms with Gasteiger partial charge in [0.1, 0.15) is 36.1 Å². The molecule has 1 saturated heterocycles. The summed E-state index contributed by atoms with van der Waals surface area (Å²) < 4.78 is 14.0. The molecule has 1 fully saturated rings. The third kappa shape index (κ3) is 7.00. The maximum atomic E-state index is 11.2. The molecule has 0 amide bonds. The molecule has 2 aromatic carbocycles. The van der Waals surface area contributed by atoms with Gasteiger partial charge in [0.25, 0.3) is 0 Å². The van der Waals surface area contributed by atoms with Gasteiger partial charge < -0.3 is 19.1 Å². The number of aromatic nitrogens is 2. The first-order valence-electron chi connectivity index (χ1n) is 12.4. The molecule has 0 bridgehead atoms. The molecule has 1 aromatic heterocycles. The van der Waals surface area contributed by atoms with E-state index in [0.717, 1.165) is 49.6 Å². The standard InChI is InChI=1S/C28H36ClN3O3/c1-21(2)27-30-12-14-32(27)15-16-34-24-8-6-23(7-9-24)18-31-13-4-11-28(33,19-31)20-35-26-17-22(3)5-10-25(26)29/h5-10,12,14,17,21,33H,4,11,13,15-16,18-20H2,1-3H3/t28-/m0/s1. The van der Waals surface area contributed by atoms with Crippen molar-refractivity contribution >= 4 is 11.6 Å². The van der Waals surface area contributed by atoms with Crippen LogP contribution >= 0.6 is 11.6 Å². The Kier molecular flexibility index (Phi) is 8.37. The number of imidazole rings is 1. The fraction of sp³-hybridized carbons (Fsp3) is 0.464. The molecule has 1 N–H and O–H groups in total. The fourth-order valence-electron chi connectivity index (χ4n) is 4.61. The average molecular weight is 498 g/mol. The van der Waals surface area contributed by atoms with Crippen molar-refractivity contribution in [1.29, 1.82) is 0 Å². The second kappa shape index (κ2) is 11.5. The van der Waals surface area contributed by atoms with Crippen LogP contribution in [-0.2, 0) is 13.1 Å². The van der Waals surface area contributed by atoms with Crippen LogP contribution in [0.15, 0.2) is 54.9 Å². The SMILES string of the molecule is Cc1ccc(Cl)c(OC[C@]2(O)CCCN(Cc3ccc(OCCn4ccnc4C(C)C)cc3)C2)c1. The third-order valence-corrected chi connectivity index (χ3v) is 6.72. The van der Waals surface area contributed by atoms with Gasteiger partial charge in [-0.15, -0.1) is 0 Å². The molecule has 188 valence electrons. The molecule has 0 unspecified atom stereocenters. The maximum Gasteiger partial charge on any atom is 0.138 e. The summed E-state index contributed by atoms with van der Waals surface area (Å²) in [6.07, 6.45) is 5.49. The molecule has 4 rings (SSSR count). The Morgan fingerprint density at radius 3 is 2.71 bits per heavy atom. The molecule has 1 atom stereocenters. The number of aliphatic hydroxyl groups is 1. The number of hydrogen-bond acceptors (Lipinski definition) is 5. The van der Waals surface area contributed by atoms with Crippen molar-refractivity contribution in [2.45, 2.75) is 58.2 Å². The summed E-state index contributed by atoms with van der Waals surface area (Å²) in [7, 11) is 0. The maximum absolute atomic E-state index is 11.2. The van der Waals surface area contributed by atoms with Gasteiger partial charge in [0, 0.05) is 31.4 Å². The first-order valence-corrected chi connectivity index (χ1v) is 12.8. The Labute approximate surface area is 213 Å². The molecule has 35 heavy (non-hydrogen) atoms. The van der Waals surface area contributed by atoms with E-state index in [1.807, 2.05) is 49.6 Å². The second-order valence-corrected chi connectivity index (χ2v) is 10.3. The molecule has 0 radical (unpaired) electrons. The van der Waals surface area contributed by atoms with Crippen molar-refractivity contribution in [2.24, 2.45) is 0 Å². The first kappa shape index (κ1) is 25.5. The Hall–Kier alpha value is -2.54. The van der Waals surface area contributed by atoms with Gasteiger partial charge in [0.2, 0.25) is 0 Å². The number of halogens is 1. The van der Waals surface area contributed by atoms with Gasteiger partial charge in [-0.2, -0.15) is 0 Å². The van der Waals surface area contributed by atoms with E-state index in [1.165, 1.54) is 5.56 Å². The zero-order valence-corrected chi connectivity index (χ0v) is 21.7. The molecule has 6 nitrogen and oxygen atoms in total. The summed E-state index contributed by atoms with van der Waals surface area (Å²) >= 11 is 6.25. The van der Waals surface area contributed by atoms with Crippen molar-refractivity contribution in [3.8, 4) is 11.5 Å². The van der Waals surface area contributed by atoms with Crippen molar-refractivity contribution in [3.05, 3.63) is 76.8 Å². The minimum atomic E-state index is -0.892. The lowest BCUT2D eigenvalue weighted by Gasteiger charge is -2.39. The quantitative estimate of drug-likeness (QED) is 0.403. The molecule has 1 aliphatic heterocycles. The number of likely N-dealkylation sites (tertiary alicyclic amines) is 1. The molecular weight excluding hydrogens is 462 g/mol.